The first-order valence-corrected chi connectivity index (χ1v) is 10.2. The second-order valence-corrected chi connectivity index (χ2v) is 7.50. The van der Waals surface area contributed by atoms with Crippen molar-refractivity contribution in [2.24, 2.45) is 0 Å². The average Bonchev–Trinajstić information content (AvgIpc) is 3.11. The van der Waals surface area contributed by atoms with Crippen molar-refractivity contribution in [2.45, 2.75) is 38.5 Å². The van der Waals surface area contributed by atoms with Crippen LogP contribution in [0.1, 0.15) is 48.9 Å². The van der Waals surface area contributed by atoms with Gasteiger partial charge in [0, 0.05) is 49.3 Å². The van der Waals surface area contributed by atoms with Crippen LogP contribution >= 0.6 is 0 Å². The predicted molar refractivity (Wildman–Crippen MR) is 111 cm³/mol. The van der Waals surface area contributed by atoms with Gasteiger partial charge in [0.2, 0.25) is 0 Å². The summed E-state index contributed by atoms with van der Waals surface area (Å²) in [6.07, 6.45) is 9.22. The van der Waals surface area contributed by atoms with E-state index in [1.165, 1.54) is 44.2 Å². The van der Waals surface area contributed by atoms with E-state index in [0.717, 1.165) is 37.7 Å². The van der Waals surface area contributed by atoms with Crippen molar-refractivity contribution in [3.63, 3.8) is 0 Å². The minimum absolute atomic E-state index is 0.0811. The van der Waals surface area contributed by atoms with Crippen LogP contribution in [0.5, 0.6) is 0 Å². The highest BCUT2D eigenvalue weighted by molar-refractivity contribution is 6.04. The van der Waals surface area contributed by atoms with Crippen molar-refractivity contribution in [1.82, 2.24) is 4.98 Å². The molecule has 1 aromatic heterocycles. The minimum atomic E-state index is -0.0811. The Labute approximate surface area is 161 Å². The quantitative estimate of drug-likeness (QED) is 0.878. The molecule has 2 saturated heterocycles. The van der Waals surface area contributed by atoms with Gasteiger partial charge in [0.1, 0.15) is 5.82 Å². The third kappa shape index (κ3) is 4.41. The van der Waals surface area contributed by atoms with Gasteiger partial charge in [-0.15, -0.1) is 0 Å². The van der Waals surface area contributed by atoms with Crippen LogP contribution in [0, 0.1) is 0 Å². The molecule has 2 aromatic rings. The number of nitrogens with zero attached hydrogens (tertiary/aromatic N) is 3. The first kappa shape index (κ1) is 17.8. The molecule has 0 saturated carbocycles. The molecule has 142 valence electrons. The van der Waals surface area contributed by atoms with E-state index in [0.29, 0.717) is 5.56 Å². The minimum Gasteiger partial charge on any atom is -0.372 e. The van der Waals surface area contributed by atoms with E-state index >= 15 is 0 Å². The molecule has 5 heteroatoms. The molecule has 0 unspecified atom stereocenters. The molecular formula is C22H28N4O. The third-order valence-corrected chi connectivity index (χ3v) is 5.53. The zero-order valence-electron chi connectivity index (χ0n) is 15.9. The molecule has 2 aliphatic rings. The van der Waals surface area contributed by atoms with Crippen molar-refractivity contribution in [1.29, 1.82) is 0 Å². The fraction of sp³-hybridized carbons (Fsp3) is 0.455. The van der Waals surface area contributed by atoms with Crippen LogP contribution in [0.3, 0.4) is 0 Å². The van der Waals surface area contributed by atoms with Gasteiger partial charge < -0.3 is 15.1 Å². The number of hydrogen-bond donors (Lipinski definition) is 1. The summed E-state index contributed by atoms with van der Waals surface area (Å²) in [6.45, 7) is 4.30. The van der Waals surface area contributed by atoms with Crippen LogP contribution in [-0.4, -0.2) is 37.1 Å². The number of amides is 1. The van der Waals surface area contributed by atoms with Gasteiger partial charge in [-0.2, -0.15) is 0 Å². The first-order valence-electron chi connectivity index (χ1n) is 10.2. The number of rotatable bonds is 4. The molecule has 27 heavy (non-hydrogen) atoms. The number of carbonyl (C=O) groups excluding carboxylic acids is 1. The van der Waals surface area contributed by atoms with Crippen LogP contribution in [0.25, 0.3) is 0 Å². The van der Waals surface area contributed by atoms with Gasteiger partial charge in [-0.05, 0) is 62.1 Å². The lowest BCUT2D eigenvalue weighted by atomic mass is 10.2. The van der Waals surface area contributed by atoms with Crippen LogP contribution in [0.15, 0.2) is 42.6 Å². The highest BCUT2D eigenvalue weighted by atomic mass is 16.1. The molecule has 2 fully saturated rings. The summed E-state index contributed by atoms with van der Waals surface area (Å²) in [5.74, 6) is 0.830. The molecule has 2 aliphatic heterocycles. The Hall–Kier alpha value is -2.56. The van der Waals surface area contributed by atoms with Crippen molar-refractivity contribution in [2.75, 3.05) is 41.3 Å². The predicted octanol–water partition coefficient (Wildman–Crippen LogP) is 4.31. The maximum atomic E-state index is 12.7. The van der Waals surface area contributed by atoms with Gasteiger partial charge in [-0.1, -0.05) is 12.8 Å². The Morgan fingerprint density at radius 1 is 0.815 bits per heavy atom. The molecule has 1 N–H and O–H groups in total. The monoisotopic (exact) mass is 364 g/mol. The number of benzene rings is 1. The topological polar surface area (TPSA) is 48.5 Å². The van der Waals surface area contributed by atoms with Crippen molar-refractivity contribution in [3.05, 3.63) is 48.2 Å². The smallest absolute Gasteiger partial charge is 0.255 e. The SMILES string of the molecule is O=C(Nc1ccc(N2CCCC2)cc1)c1ccnc(N2CCCCCC2)c1. The third-order valence-electron chi connectivity index (χ3n) is 5.53. The molecule has 5 nitrogen and oxygen atoms in total. The Morgan fingerprint density at radius 2 is 1.44 bits per heavy atom. The number of aromatic nitrogens is 1. The summed E-state index contributed by atoms with van der Waals surface area (Å²) < 4.78 is 0. The zero-order chi connectivity index (χ0) is 18.5. The Bertz CT molecular complexity index is 760. The largest absolute Gasteiger partial charge is 0.372 e. The van der Waals surface area contributed by atoms with Gasteiger partial charge in [0.15, 0.2) is 0 Å². The molecular weight excluding hydrogens is 336 g/mol. The van der Waals surface area contributed by atoms with Gasteiger partial charge in [0.25, 0.3) is 5.91 Å². The van der Waals surface area contributed by atoms with E-state index in [2.05, 4.69) is 32.2 Å². The lowest BCUT2D eigenvalue weighted by Gasteiger charge is -2.21. The summed E-state index contributed by atoms with van der Waals surface area (Å²) in [5.41, 5.74) is 2.72. The van der Waals surface area contributed by atoms with Gasteiger partial charge in [-0.3, -0.25) is 4.79 Å². The number of hydrogen-bond acceptors (Lipinski definition) is 4. The van der Waals surface area contributed by atoms with E-state index in [4.69, 9.17) is 0 Å². The van der Waals surface area contributed by atoms with E-state index < -0.39 is 0 Å². The van der Waals surface area contributed by atoms with Gasteiger partial charge >= 0.3 is 0 Å². The summed E-state index contributed by atoms with van der Waals surface area (Å²) in [4.78, 5) is 21.9. The maximum Gasteiger partial charge on any atom is 0.255 e. The average molecular weight is 364 g/mol. The zero-order valence-corrected chi connectivity index (χ0v) is 15.9. The first-order chi connectivity index (χ1) is 13.3. The second-order valence-electron chi connectivity index (χ2n) is 7.50. The van der Waals surface area contributed by atoms with Gasteiger partial charge in [-0.25, -0.2) is 4.98 Å². The molecule has 3 heterocycles. The molecule has 1 amide bonds. The molecule has 0 aliphatic carbocycles. The van der Waals surface area contributed by atoms with E-state index in [9.17, 15) is 4.79 Å². The van der Waals surface area contributed by atoms with Crippen LogP contribution < -0.4 is 15.1 Å². The second kappa shape index (κ2) is 8.42. The van der Waals surface area contributed by atoms with Crippen molar-refractivity contribution in [3.8, 4) is 0 Å². The Morgan fingerprint density at radius 3 is 2.15 bits per heavy atom. The highest BCUT2D eigenvalue weighted by Crippen LogP contribution is 2.23. The number of nitrogens with one attached hydrogen (secondary N) is 1. The maximum absolute atomic E-state index is 12.7. The normalized spacial score (nSPS) is 17.6. The summed E-state index contributed by atoms with van der Waals surface area (Å²) >= 11 is 0. The van der Waals surface area contributed by atoms with Crippen LogP contribution in [-0.2, 0) is 0 Å². The van der Waals surface area contributed by atoms with Crippen LogP contribution in [0.4, 0.5) is 17.2 Å². The number of carbonyl (C=O) groups is 1. The highest BCUT2D eigenvalue weighted by Gasteiger charge is 2.15. The summed E-state index contributed by atoms with van der Waals surface area (Å²) in [5, 5.41) is 3.01. The van der Waals surface area contributed by atoms with Crippen LogP contribution in [0.2, 0.25) is 0 Å². The molecule has 0 bridgehead atoms. The standard InChI is InChI=1S/C22H28N4O/c27-22(24-19-7-9-20(10-8-19)25-13-5-6-14-25)18-11-12-23-21(17-18)26-15-3-1-2-4-16-26/h7-12,17H,1-6,13-16H2,(H,24,27). The van der Waals surface area contributed by atoms with E-state index in [-0.39, 0.29) is 5.91 Å². The Kier molecular flexibility index (Phi) is 5.56. The molecule has 1 aromatic carbocycles. The fourth-order valence-electron chi connectivity index (χ4n) is 3.97. The molecule has 0 atom stereocenters. The van der Waals surface area contributed by atoms with E-state index in [1.54, 1.807) is 12.3 Å². The molecule has 0 radical (unpaired) electrons. The fourth-order valence-corrected chi connectivity index (χ4v) is 3.97. The summed E-state index contributed by atoms with van der Waals surface area (Å²) in [7, 11) is 0. The number of pyridine rings is 1. The lowest BCUT2D eigenvalue weighted by Crippen LogP contribution is -2.25. The number of anilines is 3. The van der Waals surface area contributed by atoms with Crippen molar-refractivity contribution < 1.29 is 4.79 Å². The van der Waals surface area contributed by atoms with E-state index in [1.807, 2.05) is 18.2 Å². The lowest BCUT2D eigenvalue weighted by molar-refractivity contribution is 0.102. The Balaban J connectivity index is 1.42. The van der Waals surface area contributed by atoms with Gasteiger partial charge in [0.05, 0.1) is 0 Å². The molecule has 0 spiro atoms. The molecule has 4 rings (SSSR count). The summed E-state index contributed by atoms with van der Waals surface area (Å²) in [6, 6.07) is 11.9. The van der Waals surface area contributed by atoms with Crippen molar-refractivity contribution >= 4 is 23.1 Å².